The van der Waals surface area contributed by atoms with Gasteiger partial charge in [0.05, 0.1) is 24.3 Å². The van der Waals surface area contributed by atoms with E-state index in [1.165, 1.54) is 4.90 Å². The normalized spacial score (nSPS) is 13.2. The summed E-state index contributed by atoms with van der Waals surface area (Å²) < 4.78 is 5.51. The molecule has 0 saturated heterocycles. The van der Waals surface area contributed by atoms with Gasteiger partial charge in [0.2, 0.25) is 0 Å². The van der Waals surface area contributed by atoms with Crippen molar-refractivity contribution in [2.45, 2.75) is 26.0 Å². The van der Waals surface area contributed by atoms with Crippen LogP contribution in [-0.2, 0) is 4.79 Å². The number of rotatable bonds is 5. The second-order valence-electron chi connectivity index (χ2n) is 4.38. The summed E-state index contributed by atoms with van der Waals surface area (Å²) in [6.45, 7) is 3.32. The first-order valence-corrected chi connectivity index (χ1v) is 6.04. The molecule has 1 N–H and O–H groups in total. The van der Waals surface area contributed by atoms with E-state index in [9.17, 15) is 4.79 Å². The first-order valence-electron chi connectivity index (χ1n) is 6.04. The van der Waals surface area contributed by atoms with Gasteiger partial charge in [0, 0.05) is 7.05 Å². The van der Waals surface area contributed by atoms with Crippen LogP contribution in [0.2, 0.25) is 0 Å². The van der Waals surface area contributed by atoms with Crippen molar-refractivity contribution in [2.24, 2.45) is 0 Å². The minimum absolute atomic E-state index is 0.0914. The molecule has 0 radical (unpaired) electrons. The Morgan fingerprint density at radius 2 is 2.00 bits per heavy atom. The number of benzene rings is 1. The molecule has 0 fully saturated rings. The molecule has 1 rings (SSSR count). The van der Waals surface area contributed by atoms with Crippen molar-refractivity contribution in [2.75, 3.05) is 13.7 Å². The Labute approximate surface area is 113 Å². The molecule has 0 aliphatic heterocycles. The molecule has 2 unspecified atom stereocenters. The fraction of sp³-hybridized carbons (Fsp3) is 0.429. The molecule has 0 aliphatic rings. The van der Waals surface area contributed by atoms with E-state index in [2.05, 4.69) is 0 Å². The zero-order chi connectivity index (χ0) is 14.4. The number of hydrogen-bond donors (Lipinski definition) is 1. The number of hydrogen-bond acceptors (Lipinski definition) is 4. The number of aliphatic hydroxyl groups is 1. The van der Waals surface area contributed by atoms with Crippen LogP contribution < -0.4 is 4.74 Å². The number of carbonyl (C=O) groups excluding carboxylic acids is 1. The van der Waals surface area contributed by atoms with E-state index in [1.807, 2.05) is 6.07 Å². The minimum atomic E-state index is -0.646. The van der Waals surface area contributed by atoms with E-state index in [4.69, 9.17) is 15.1 Å². The molecule has 0 aliphatic carbocycles. The number of nitrogens with zero attached hydrogens (tertiary/aromatic N) is 2. The number of amides is 1. The first kappa shape index (κ1) is 15.0. The molecule has 1 aromatic rings. The zero-order valence-electron chi connectivity index (χ0n) is 11.3. The van der Waals surface area contributed by atoms with E-state index in [0.29, 0.717) is 11.3 Å². The predicted octanol–water partition coefficient (Wildman–Crippen LogP) is 1.16. The van der Waals surface area contributed by atoms with Crippen molar-refractivity contribution >= 4 is 5.91 Å². The van der Waals surface area contributed by atoms with Crippen molar-refractivity contribution in [1.29, 1.82) is 5.26 Å². The fourth-order valence-electron chi connectivity index (χ4n) is 1.49. The molecule has 0 saturated carbocycles. The van der Waals surface area contributed by atoms with Gasteiger partial charge in [-0.05, 0) is 38.1 Å². The summed E-state index contributed by atoms with van der Waals surface area (Å²) >= 11 is 0. The third kappa shape index (κ3) is 3.97. The van der Waals surface area contributed by atoms with Crippen LogP contribution in [0.15, 0.2) is 24.3 Å². The van der Waals surface area contributed by atoms with Gasteiger partial charge in [-0.25, -0.2) is 0 Å². The van der Waals surface area contributed by atoms with Gasteiger partial charge in [0.1, 0.15) is 5.75 Å². The highest BCUT2D eigenvalue weighted by atomic mass is 16.5. The molecule has 0 heterocycles. The number of aliphatic hydroxyl groups excluding tert-OH is 1. The van der Waals surface area contributed by atoms with Gasteiger partial charge in [0.25, 0.3) is 5.91 Å². The lowest BCUT2D eigenvalue weighted by Crippen LogP contribution is -2.44. The highest BCUT2D eigenvalue weighted by Gasteiger charge is 2.22. The third-order valence-corrected chi connectivity index (χ3v) is 2.92. The Balaban J connectivity index is 2.65. The SMILES string of the molecule is CC(Oc1ccc(C#N)cc1)C(=O)N(C)C(C)CO. The molecule has 5 nitrogen and oxygen atoms in total. The largest absolute Gasteiger partial charge is 0.481 e. The van der Waals surface area contributed by atoms with Crippen LogP contribution in [0.4, 0.5) is 0 Å². The second kappa shape index (κ2) is 6.76. The molecule has 102 valence electrons. The van der Waals surface area contributed by atoms with Crippen molar-refractivity contribution in [3.05, 3.63) is 29.8 Å². The lowest BCUT2D eigenvalue weighted by molar-refractivity contribution is -0.139. The molecule has 5 heteroatoms. The monoisotopic (exact) mass is 262 g/mol. The van der Waals surface area contributed by atoms with E-state index in [0.717, 1.165) is 0 Å². The van der Waals surface area contributed by atoms with Gasteiger partial charge in [-0.15, -0.1) is 0 Å². The maximum absolute atomic E-state index is 12.0. The Kier molecular flexibility index (Phi) is 5.34. The van der Waals surface area contributed by atoms with Gasteiger partial charge < -0.3 is 14.7 Å². The Morgan fingerprint density at radius 3 is 2.47 bits per heavy atom. The molecule has 1 amide bonds. The maximum Gasteiger partial charge on any atom is 0.263 e. The van der Waals surface area contributed by atoms with E-state index >= 15 is 0 Å². The summed E-state index contributed by atoms with van der Waals surface area (Å²) in [5.74, 6) is 0.329. The van der Waals surface area contributed by atoms with Crippen molar-refractivity contribution in [1.82, 2.24) is 4.90 Å². The topological polar surface area (TPSA) is 73.6 Å². The number of carbonyl (C=O) groups is 1. The lowest BCUT2D eigenvalue weighted by atomic mass is 10.2. The first-order chi connectivity index (χ1) is 8.99. The second-order valence-corrected chi connectivity index (χ2v) is 4.38. The van der Waals surface area contributed by atoms with Gasteiger partial charge in [-0.1, -0.05) is 0 Å². The lowest BCUT2D eigenvalue weighted by Gasteiger charge is -2.26. The van der Waals surface area contributed by atoms with Gasteiger partial charge in [-0.2, -0.15) is 5.26 Å². The quantitative estimate of drug-likeness (QED) is 0.864. The highest BCUT2D eigenvalue weighted by Crippen LogP contribution is 2.14. The number of ether oxygens (including phenoxy) is 1. The fourth-order valence-corrected chi connectivity index (χ4v) is 1.49. The summed E-state index contributed by atoms with van der Waals surface area (Å²) in [6, 6.07) is 8.33. The molecular weight excluding hydrogens is 244 g/mol. The van der Waals surface area contributed by atoms with Crippen LogP contribution in [0.1, 0.15) is 19.4 Å². The van der Waals surface area contributed by atoms with Gasteiger partial charge >= 0.3 is 0 Å². The summed E-state index contributed by atoms with van der Waals surface area (Å²) in [5, 5.41) is 17.7. The van der Waals surface area contributed by atoms with Gasteiger partial charge in [0.15, 0.2) is 6.10 Å². The van der Waals surface area contributed by atoms with Gasteiger partial charge in [-0.3, -0.25) is 4.79 Å². The number of likely N-dealkylation sites (N-methyl/N-ethyl adjacent to an activating group) is 1. The highest BCUT2D eigenvalue weighted by molar-refractivity contribution is 5.80. The summed E-state index contributed by atoms with van der Waals surface area (Å²) in [6.07, 6.45) is -0.646. The molecule has 0 bridgehead atoms. The Bertz CT molecular complexity index is 465. The number of nitriles is 1. The van der Waals surface area contributed by atoms with Crippen molar-refractivity contribution in [3.63, 3.8) is 0 Å². The van der Waals surface area contributed by atoms with Crippen LogP contribution in [0, 0.1) is 11.3 Å². The van der Waals surface area contributed by atoms with E-state index < -0.39 is 6.10 Å². The van der Waals surface area contributed by atoms with E-state index in [1.54, 1.807) is 45.2 Å². The maximum atomic E-state index is 12.0. The Morgan fingerprint density at radius 1 is 1.42 bits per heavy atom. The standard InChI is InChI=1S/C14H18N2O3/c1-10(9-17)16(3)14(18)11(2)19-13-6-4-12(8-15)5-7-13/h4-7,10-11,17H,9H2,1-3H3. The van der Waals surface area contributed by atoms with Crippen molar-refractivity contribution < 1.29 is 14.6 Å². The molecule has 2 atom stereocenters. The average Bonchev–Trinajstić information content (AvgIpc) is 2.45. The summed E-state index contributed by atoms with van der Waals surface area (Å²) in [7, 11) is 1.63. The van der Waals surface area contributed by atoms with Crippen LogP contribution >= 0.6 is 0 Å². The molecule has 0 spiro atoms. The minimum Gasteiger partial charge on any atom is -0.481 e. The molecule has 0 aromatic heterocycles. The summed E-state index contributed by atoms with van der Waals surface area (Å²) in [4.78, 5) is 13.5. The average molecular weight is 262 g/mol. The smallest absolute Gasteiger partial charge is 0.263 e. The molecule has 1 aromatic carbocycles. The van der Waals surface area contributed by atoms with E-state index in [-0.39, 0.29) is 18.6 Å². The van der Waals surface area contributed by atoms with Crippen LogP contribution in [0.3, 0.4) is 0 Å². The third-order valence-electron chi connectivity index (χ3n) is 2.92. The molecule has 19 heavy (non-hydrogen) atoms. The molecular formula is C14H18N2O3. The van der Waals surface area contributed by atoms with Crippen LogP contribution in [-0.4, -0.2) is 41.7 Å². The van der Waals surface area contributed by atoms with Crippen molar-refractivity contribution in [3.8, 4) is 11.8 Å². The predicted molar refractivity (Wildman–Crippen MR) is 70.6 cm³/mol. The Hall–Kier alpha value is -2.06. The van der Waals surface area contributed by atoms with Crippen LogP contribution in [0.25, 0.3) is 0 Å². The summed E-state index contributed by atoms with van der Waals surface area (Å²) in [5.41, 5.74) is 0.539. The zero-order valence-corrected chi connectivity index (χ0v) is 11.3. The van der Waals surface area contributed by atoms with Crippen LogP contribution in [0.5, 0.6) is 5.75 Å².